The number of halogens is 1. The summed E-state index contributed by atoms with van der Waals surface area (Å²) in [5, 5.41) is 13.5. The van der Waals surface area contributed by atoms with Gasteiger partial charge >= 0.3 is 6.09 Å². The number of carbonyl (C=O) groups excluding carboxylic acids is 2. The van der Waals surface area contributed by atoms with Crippen LogP contribution in [-0.2, 0) is 11.3 Å². The molecule has 27 heavy (non-hydrogen) atoms. The third kappa shape index (κ3) is 6.10. The first-order valence-electron chi connectivity index (χ1n) is 8.09. The Kier molecular flexibility index (Phi) is 6.87. The number of benzene rings is 2. The first-order valence-corrected chi connectivity index (χ1v) is 8.09. The van der Waals surface area contributed by atoms with Crippen LogP contribution in [-0.4, -0.2) is 36.0 Å². The lowest BCUT2D eigenvalue weighted by Gasteiger charge is -2.18. The minimum absolute atomic E-state index is 0.0939. The molecule has 2 amide bonds. The Bertz CT molecular complexity index is 841. The quantitative estimate of drug-likeness (QED) is 0.615. The fraction of sp³-hybridized carbons (Fsp3) is 0.211. The molecule has 7 nitrogen and oxygen atoms in total. The first kappa shape index (κ1) is 19.9. The zero-order valence-electron chi connectivity index (χ0n) is 14.6. The van der Waals surface area contributed by atoms with Crippen molar-refractivity contribution >= 4 is 18.3 Å². The molecular formula is C19H19FN2O5. The number of amides is 2. The van der Waals surface area contributed by atoms with Gasteiger partial charge in [0.25, 0.3) is 0 Å². The van der Waals surface area contributed by atoms with Crippen LogP contribution < -0.4 is 15.4 Å². The van der Waals surface area contributed by atoms with Crippen LogP contribution >= 0.6 is 0 Å². The maximum atomic E-state index is 13.8. The summed E-state index contributed by atoms with van der Waals surface area (Å²) in [5.41, 5.74) is 1.41. The Labute approximate surface area is 155 Å². The standard InChI is InChI=1S/C19H19FN2O5/c1-12-5-6-14(16(20)7-12)9-21-18(24)17(22-19(25)26)11-27-15-4-2-3-13(8-15)10-23/h2-8,10,17,22H,9,11H2,1H3,(H,21,24)(H,25,26)/t17-/m0/s1. The van der Waals surface area contributed by atoms with Gasteiger partial charge in [-0.25, -0.2) is 9.18 Å². The third-order valence-electron chi connectivity index (χ3n) is 3.69. The molecular weight excluding hydrogens is 355 g/mol. The monoisotopic (exact) mass is 374 g/mol. The van der Waals surface area contributed by atoms with Crippen molar-refractivity contribution in [3.63, 3.8) is 0 Å². The molecule has 0 radical (unpaired) electrons. The van der Waals surface area contributed by atoms with Crippen LogP contribution in [0.3, 0.4) is 0 Å². The zero-order valence-corrected chi connectivity index (χ0v) is 14.6. The zero-order chi connectivity index (χ0) is 19.8. The number of rotatable bonds is 8. The van der Waals surface area contributed by atoms with Crippen molar-refractivity contribution in [2.75, 3.05) is 6.61 Å². The summed E-state index contributed by atoms with van der Waals surface area (Å²) in [4.78, 5) is 34.0. The molecule has 0 unspecified atom stereocenters. The second kappa shape index (κ2) is 9.33. The average Bonchev–Trinajstić information content (AvgIpc) is 2.64. The SMILES string of the molecule is Cc1ccc(CNC(=O)[C@H](COc2cccc(C=O)c2)NC(=O)O)c(F)c1. The molecule has 2 aromatic rings. The van der Waals surface area contributed by atoms with E-state index in [4.69, 9.17) is 9.84 Å². The number of nitrogens with one attached hydrogen (secondary N) is 2. The van der Waals surface area contributed by atoms with E-state index < -0.39 is 23.9 Å². The van der Waals surface area contributed by atoms with E-state index in [0.717, 1.165) is 5.56 Å². The molecule has 0 bridgehead atoms. The fourth-order valence-electron chi connectivity index (χ4n) is 2.29. The smallest absolute Gasteiger partial charge is 0.405 e. The van der Waals surface area contributed by atoms with Gasteiger partial charge in [-0.15, -0.1) is 0 Å². The number of ether oxygens (including phenoxy) is 1. The van der Waals surface area contributed by atoms with E-state index in [-0.39, 0.29) is 18.7 Å². The molecule has 0 aliphatic rings. The minimum atomic E-state index is -1.40. The van der Waals surface area contributed by atoms with Crippen molar-refractivity contribution in [3.05, 3.63) is 65.0 Å². The van der Waals surface area contributed by atoms with Crippen LogP contribution in [0.5, 0.6) is 5.75 Å². The molecule has 142 valence electrons. The minimum Gasteiger partial charge on any atom is -0.491 e. The summed E-state index contributed by atoms with van der Waals surface area (Å²) in [6.45, 7) is 1.36. The third-order valence-corrected chi connectivity index (χ3v) is 3.69. The van der Waals surface area contributed by atoms with Crippen LogP contribution in [0.25, 0.3) is 0 Å². The Morgan fingerprint density at radius 3 is 2.70 bits per heavy atom. The van der Waals surface area contributed by atoms with Gasteiger partial charge in [-0.3, -0.25) is 9.59 Å². The number of hydrogen-bond donors (Lipinski definition) is 3. The molecule has 0 aliphatic carbocycles. The van der Waals surface area contributed by atoms with Gasteiger partial charge in [-0.1, -0.05) is 24.3 Å². The molecule has 0 saturated carbocycles. The van der Waals surface area contributed by atoms with Crippen molar-refractivity contribution in [1.29, 1.82) is 0 Å². The lowest BCUT2D eigenvalue weighted by atomic mass is 10.1. The molecule has 3 N–H and O–H groups in total. The molecule has 0 saturated heterocycles. The van der Waals surface area contributed by atoms with Crippen LogP contribution in [0.15, 0.2) is 42.5 Å². The normalized spacial score (nSPS) is 11.3. The molecule has 0 aliphatic heterocycles. The van der Waals surface area contributed by atoms with Gasteiger partial charge in [0.15, 0.2) is 0 Å². The van der Waals surface area contributed by atoms with E-state index in [1.54, 1.807) is 37.3 Å². The summed E-state index contributed by atoms with van der Waals surface area (Å²) < 4.78 is 19.2. The number of carboxylic acid groups (broad SMARTS) is 1. The van der Waals surface area contributed by atoms with Gasteiger partial charge < -0.3 is 20.5 Å². The van der Waals surface area contributed by atoms with Gasteiger partial charge in [0.1, 0.15) is 30.5 Å². The molecule has 1 atom stereocenters. The lowest BCUT2D eigenvalue weighted by Crippen LogP contribution is -2.49. The molecule has 0 fully saturated rings. The maximum Gasteiger partial charge on any atom is 0.405 e. The van der Waals surface area contributed by atoms with E-state index in [1.807, 2.05) is 0 Å². The van der Waals surface area contributed by atoms with E-state index in [2.05, 4.69) is 10.6 Å². The second-order valence-electron chi connectivity index (χ2n) is 5.82. The fourth-order valence-corrected chi connectivity index (χ4v) is 2.29. The molecule has 0 heterocycles. The van der Waals surface area contributed by atoms with E-state index in [0.29, 0.717) is 17.6 Å². The molecule has 2 aromatic carbocycles. The molecule has 0 spiro atoms. The Hall–Kier alpha value is -3.42. The summed E-state index contributed by atoms with van der Waals surface area (Å²) >= 11 is 0. The largest absolute Gasteiger partial charge is 0.491 e. The first-order chi connectivity index (χ1) is 12.9. The molecule has 2 rings (SSSR count). The van der Waals surface area contributed by atoms with E-state index in [1.165, 1.54) is 12.1 Å². The van der Waals surface area contributed by atoms with Crippen molar-refractivity contribution in [3.8, 4) is 5.75 Å². The summed E-state index contributed by atoms with van der Waals surface area (Å²) in [7, 11) is 0. The number of aryl methyl sites for hydroxylation is 1. The van der Waals surface area contributed by atoms with Crippen LogP contribution in [0, 0.1) is 12.7 Å². The summed E-state index contributed by atoms with van der Waals surface area (Å²) in [6, 6.07) is 9.60. The highest BCUT2D eigenvalue weighted by Gasteiger charge is 2.21. The predicted molar refractivity (Wildman–Crippen MR) is 95.3 cm³/mol. The van der Waals surface area contributed by atoms with Crippen molar-refractivity contribution in [2.45, 2.75) is 19.5 Å². The van der Waals surface area contributed by atoms with Gasteiger partial charge in [-0.05, 0) is 30.7 Å². The van der Waals surface area contributed by atoms with Crippen LogP contribution in [0.2, 0.25) is 0 Å². The Morgan fingerprint density at radius 1 is 1.26 bits per heavy atom. The van der Waals surface area contributed by atoms with Crippen molar-refractivity contribution in [1.82, 2.24) is 10.6 Å². The predicted octanol–water partition coefficient (Wildman–Crippen LogP) is 2.28. The highest BCUT2D eigenvalue weighted by atomic mass is 19.1. The van der Waals surface area contributed by atoms with Gasteiger partial charge in [0, 0.05) is 17.7 Å². The lowest BCUT2D eigenvalue weighted by molar-refractivity contribution is -0.123. The van der Waals surface area contributed by atoms with Gasteiger partial charge in [0.05, 0.1) is 0 Å². The number of carbonyl (C=O) groups is 3. The van der Waals surface area contributed by atoms with Gasteiger partial charge in [-0.2, -0.15) is 0 Å². The van der Waals surface area contributed by atoms with Gasteiger partial charge in [0.2, 0.25) is 5.91 Å². The average molecular weight is 374 g/mol. The number of hydrogen-bond acceptors (Lipinski definition) is 4. The van der Waals surface area contributed by atoms with Crippen molar-refractivity contribution < 1.29 is 28.6 Å². The highest BCUT2D eigenvalue weighted by Crippen LogP contribution is 2.13. The maximum absolute atomic E-state index is 13.8. The summed E-state index contributed by atoms with van der Waals surface area (Å²) in [5.74, 6) is -0.807. The Morgan fingerprint density at radius 2 is 2.04 bits per heavy atom. The van der Waals surface area contributed by atoms with E-state index in [9.17, 15) is 18.8 Å². The summed E-state index contributed by atoms with van der Waals surface area (Å²) in [6.07, 6.45) is -0.759. The highest BCUT2D eigenvalue weighted by molar-refractivity contribution is 5.85. The van der Waals surface area contributed by atoms with Crippen LogP contribution in [0.1, 0.15) is 21.5 Å². The van der Waals surface area contributed by atoms with Crippen molar-refractivity contribution in [2.24, 2.45) is 0 Å². The topological polar surface area (TPSA) is 105 Å². The van der Waals surface area contributed by atoms with Crippen LogP contribution in [0.4, 0.5) is 9.18 Å². The molecule has 0 aromatic heterocycles. The Balaban J connectivity index is 1.99. The number of aldehydes is 1. The molecule has 8 heteroatoms. The van der Waals surface area contributed by atoms with E-state index >= 15 is 0 Å². The second-order valence-corrected chi connectivity index (χ2v) is 5.82.